The van der Waals surface area contributed by atoms with Crippen LogP contribution in [0.2, 0.25) is 0 Å². The van der Waals surface area contributed by atoms with E-state index in [0.717, 1.165) is 4.34 Å². The highest BCUT2D eigenvalue weighted by atomic mass is 32.2. The molecular weight excluding hydrogens is 336 g/mol. The van der Waals surface area contributed by atoms with Crippen molar-refractivity contribution in [3.63, 3.8) is 0 Å². The number of ether oxygens (including phenoxy) is 1. The Hall–Kier alpha value is -2.39. The van der Waals surface area contributed by atoms with Crippen LogP contribution in [-0.2, 0) is 4.79 Å². The Bertz CT molecular complexity index is 718. The molecule has 1 aromatic heterocycles. The molecule has 0 fully saturated rings. The number of hydrogen-bond acceptors (Lipinski definition) is 7. The highest BCUT2D eigenvalue weighted by Crippen LogP contribution is 2.26. The second kappa shape index (κ2) is 8.30. The number of benzene rings is 1. The number of rotatable bonds is 8. The van der Waals surface area contributed by atoms with Crippen LogP contribution >= 0.6 is 23.1 Å². The van der Waals surface area contributed by atoms with Crippen LogP contribution in [-0.4, -0.2) is 34.4 Å². The fourth-order valence-corrected chi connectivity index (χ4v) is 3.05. The molecule has 0 unspecified atom stereocenters. The lowest BCUT2D eigenvalue weighted by Crippen LogP contribution is -2.21. The highest BCUT2D eigenvalue weighted by Gasteiger charge is 2.15. The predicted molar refractivity (Wildman–Crippen MR) is 89.9 cm³/mol. The second-order valence-corrected chi connectivity index (χ2v) is 6.42. The van der Waals surface area contributed by atoms with Crippen molar-refractivity contribution in [1.29, 1.82) is 0 Å². The van der Waals surface area contributed by atoms with Crippen molar-refractivity contribution < 1.29 is 14.3 Å². The van der Waals surface area contributed by atoms with Gasteiger partial charge in [-0.2, -0.15) is 0 Å². The van der Waals surface area contributed by atoms with Crippen molar-refractivity contribution in [3.05, 3.63) is 42.5 Å². The third-order valence-corrected chi connectivity index (χ3v) is 4.42. The zero-order chi connectivity index (χ0) is 16.7. The van der Waals surface area contributed by atoms with Crippen LogP contribution in [0.3, 0.4) is 0 Å². The van der Waals surface area contributed by atoms with Crippen molar-refractivity contribution in [2.45, 2.75) is 4.34 Å². The lowest BCUT2D eigenvalue weighted by molar-refractivity contribution is -0.119. The number of hydrogen-bond donors (Lipinski definition) is 2. The molecule has 23 heavy (non-hydrogen) atoms. The Labute approximate surface area is 140 Å². The normalized spacial score (nSPS) is 10.1. The first-order chi connectivity index (χ1) is 11.1. The first kappa shape index (κ1) is 17.0. The van der Waals surface area contributed by atoms with Crippen molar-refractivity contribution in [3.8, 4) is 5.75 Å². The van der Waals surface area contributed by atoms with Crippen molar-refractivity contribution in [2.24, 2.45) is 5.73 Å². The highest BCUT2D eigenvalue weighted by molar-refractivity contribution is 8.01. The van der Waals surface area contributed by atoms with Crippen molar-refractivity contribution in [1.82, 2.24) is 10.2 Å². The summed E-state index contributed by atoms with van der Waals surface area (Å²) in [6.45, 7) is 3.33. The van der Waals surface area contributed by atoms with Crippen LogP contribution in [0, 0.1) is 0 Å². The number of anilines is 1. The summed E-state index contributed by atoms with van der Waals surface area (Å²) in [5, 5.41) is 10.9. The van der Waals surface area contributed by atoms with Crippen LogP contribution < -0.4 is 15.8 Å². The maximum atomic E-state index is 12.3. The molecule has 0 atom stereocenters. The molecule has 2 amide bonds. The van der Waals surface area contributed by atoms with Gasteiger partial charge in [-0.15, -0.1) is 16.8 Å². The summed E-state index contributed by atoms with van der Waals surface area (Å²) in [4.78, 5) is 23.1. The lowest BCUT2D eigenvalue weighted by atomic mass is 10.2. The van der Waals surface area contributed by atoms with E-state index in [4.69, 9.17) is 10.5 Å². The van der Waals surface area contributed by atoms with Crippen LogP contribution in [0.1, 0.15) is 10.4 Å². The van der Waals surface area contributed by atoms with E-state index in [1.54, 1.807) is 30.3 Å². The van der Waals surface area contributed by atoms with Gasteiger partial charge in [-0.05, 0) is 12.1 Å². The van der Waals surface area contributed by atoms with Gasteiger partial charge in [-0.1, -0.05) is 41.3 Å². The van der Waals surface area contributed by atoms with E-state index in [2.05, 4.69) is 22.1 Å². The molecule has 1 heterocycles. The number of amides is 2. The van der Waals surface area contributed by atoms with Crippen LogP contribution in [0.15, 0.2) is 41.3 Å². The molecule has 2 aromatic rings. The van der Waals surface area contributed by atoms with E-state index >= 15 is 0 Å². The molecule has 0 aliphatic heterocycles. The number of nitrogens with zero attached hydrogens (tertiary/aromatic N) is 2. The van der Waals surface area contributed by atoms with E-state index in [-0.39, 0.29) is 17.9 Å². The Balaban J connectivity index is 2.06. The number of carbonyl (C=O) groups is 2. The minimum absolute atomic E-state index is 0.273. The molecule has 0 aliphatic carbocycles. The zero-order valence-corrected chi connectivity index (χ0v) is 13.7. The van der Waals surface area contributed by atoms with Crippen LogP contribution in [0.4, 0.5) is 5.13 Å². The number of thioether (sulfide) groups is 1. The van der Waals surface area contributed by atoms with E-state index < -0.39 is 11.8 Å². The number of primary amides is 1. The molecule has 9 heteroatoms. The fraction of sp³-hybridized carbons (Fsp3) is 0.143. The fourth-order valence-electron chi connectivity index (χ4n) is 1.54. The number of nitrogens with two attached hydrogens (primary N) is 1. The Kier molecular flexibility index (Phi) is 6.12. The third-order valence-electron chi connectivity index (χ3n) is 2.45. The Morgan fingerprint density at radius 1 is 1.39 bits per heavy atom. The number of carbonyl (C=O) groups excluding carboxylic acids is 2. The summed E-state index contributed by atoms with van der Waals surface area (Å²) in [5.41, 5.74) is 5.32. The van der Waals surface area contributed by atoms with E-state index in [1.165, 1.54) is 23.1 Å². The lowest BCUT2D eigenvalue weighted by Gasteiger charge is -2.09. The molecular formula is C14H14N4O3S2. The molecule has 2 rings (SSSR count). The standard InChI is InChI=1S/C14H14N4O3S2/c1-2-7-22-14-18-17-13(23-14)16-12(20)9-5-3-4-6-10(9)21-8-11(15)19/h2-6H,1,7-8H2,(H2,15,19)(H,16,17,20). The molecule has 7 nitrogen and oxygen atoms in total. The van der Waals surface area contributed by atoms with E-state index in [0.29, 0.717) is 10.9 Å². The average molecular weight is 350 g/mol. The Morgan fingerprint density at radius 2 is 2.17 bits per heavy atom. The topological polar surface area (TPSA) is 107 Å². The first-order valence-corrected chi connectivity index (χ1v) is 8.29. The number of nitrogens with one attached hydrogen (secondary N) is 1. The molecule has 3 N–H and O–H groups in total. The Morgan fingerprint density at radius 3 is 2.91 bits per heavy atom. The van der Waals surface area contributed by atoms with Gasteiger partial charge in [0.1, 0.15) is 5.75 Å². The van der Waals surface area contributed by atoms with Crippen LogP contribution in [0.5, 0.6) is 5.75 Å². The van der Waals surface area contributed by atoms with Gasteiger partial charge in [-0.3, -0.25) is 14.9 Å². The largest absolute Gasteiger partial charge is 0.483 e. The van der Waals surface area contributed by atoms with Gasteiger partial charge in [0.15, 0.2) is 10.9 Å². The van der Waals surface area contributed by atoms with Gasteiger partial charge in [0, 0.05) is 5.75 Å². The summed E-state index contributed by atoms with van der Waals surface area (Å²) in [5.74, 6) is -0.0314. The quantitative estimate of drug-likeness (QED) is 0.428. The van der Waals surface area contributed by atoms with Gasteiger partial charge >= 0.3 is 0 Å². The number of para-hydroxylation sites is 1. The first-order valence-electron chi connectivity index (χ1n) is 6.49. The van der Waals surface area contributed by atoms with Crippen LogP contribution in [0.25, 0.3) is 0 Å². The SMILES string of the molecule is C=CCSc1nnc(NC(=O)c2ccccc2OCC(N)=O)s1. The second-order valence-electron chi connectivity index (χ2n) is 4.18. The van der Waals surface area contributed by atoms with Gasteiger partial charge in [0.05, 0.1) is 5.56 Å². The molecule has 0 spiro atoms. The zero-order valence-electron chi connectivity index (χ0n) is 12.0. The number of aromatic nitrogens is 2. The van der Waals surface area contributed by atoms with Gasteiger partial charge in [-0.25, -0.2) is 0 Å². The van der Waals surface area contributed by atoms with Crippen molar-refractivity contribution in [2.75, 3.05) is 17.7 Å². The summed E-state index contributed by atoms with van der Waals surface area (Å²) < 4.78 is 5.97. The molecule has 0 saturated carbocycles. The minimum Gasteiger partial charge on any atom is -0.483 e. The predicted octanol–water partition coefficient (Wildman–Crippen LogP) is 1.93. The molecule has 120 valence electrons. The summed E-state index contributed by atoms with van der Waals surface area (Å²) in [7, 11) is 0. The van der Waals surface area contributed by atoms with Gasteiger partial charge in [0.2, 0.25) is 5.13 Å². The van der Waals surface area contributed by atoms with E-state index in [1.807, 2.05) is 0 Å². The minimum atomic E-state index is -0.617. The third kappa shape index (κ3) is 5.08. The maximum absolute atomic E-state index is 12.3. The summed E-state index contributed by atoms with van der Waals surface area (Å²) in [6.07, 6.45) is 1.76. The molecule has 1 aromatic carbocycles. The molecule has 0 saturated heterocycles. The molecule has 0 bridgehead atoms. The molecule has 0 radical (unpaired) electrons. The van der Waals surface area contributed by atoms with Gasteiger partial charge < -0.3 is 10.5 Å². The van der Waals surface area contributed by atoms with Crippen molar-refractivity contribution >= 4 is 40.0 Å². The monoisotopic (exact) mass is 350 g/mol. The summed E-state index contributed by atoms with van der Waals surface area (Å²) >= 11 is 2.74. The maximum Gasteiger partial charge on any atom is 0.261 e. The molecule has 0 aliphatic rings. The smallest absolute Gasteiger partial charge is 0.261 e. The van der Waals surface area contributed by atoms with Gasteiger partial charge in [0.25, 0.3) is 11.8 Å². The average Bonchev–Trinajstić information content (AvgIpc) is 2.98. The van der Waals surface area contributed by atoms with E-state index in [9.17, 15) is 9.59 Å². The summed E-state index contributed by atoms with van der Waals surface area (Å²) in [6, 6.07) is 6.56.